The minimum Gasteiger partial charge on any atom is -0.478 e. The number of rotatable bonds is 7. The second kappa shape index (κ2) is 8.74. The lowest BCUT2D eigenvalue weighted by Gasteiger charge is -2.17. The Kier molecular flexibility index (Phi) is 5.87. The zero-order valence-corrected chi connectivity index (χ0v) is 18.0. The zero-order chi connectivity index (χ0) is 22.0. The normalized spacial score (nSPS) is 12.2. The van der Waals surface area contributed by atoms with Gasteiger partial charge in [0.1, 0.15) is 5.65 Å². The van der Waals surface area contributed by atoms with Crippen molar-refractivity contribution in [3.63, 3.8) is 0 Å². The molecule has 0 spiro atoms. The first-order chi connectivity index (χ1) is 15.0. The summed E-state index contributed by atoms with van der Waals surface area (Å²) in [5.41, 5.74) is 6.83. The van der Waals surface area contributed by atoms with Crippen molar-refractivity contribution in [1.29, 1.82) is 0 Å². The van der Waals surface area contributed by atoms with E-state index in [4.69, 9.17) is 4.74 Å². The van der Waals surface area contributed by atoms with Gasteiger partial charge < -0.3 is 14.2 Å². The summed E-state index contributed by atoms with van der Waals surface area (Å²) in [4.78, 5) is 16.6. The first-order valence-corrected chi connectivity index (χ1v) is 10.5. The van der Waals surface area contributed by atoms with Crippen LogP contribution in [0.15, 0.2) is 66.9 Å². The van der Waals surface area contributed by atoms with E-state index in [9.17, 15) is 9.90 Å². The number of nitrogens with zero attached hydrogens (tertiary/aromatic N) is 2. The number of carbonyl (C=O) groups is 1. The lowest BCUT2D eigenvalue weighted by atomic mass is 9.96. The minimum absolute atomic E-state index is 0.256. The number of hydrogen-bond donors (Lipinski definition) is 1. The van der Waals surface area contributed by atoms with E-state index in [1.807, 2.05) is 49.4 Å². The maximum Gasteiger partial charge on any atom is 0.336 e. The standard InChI is InChI=1S/C26H26N2O3/c1-4-21-15-28-22(12-10-17(2)25(28)27-21)16-31-18(3)20-11-13-23(24(14-20)26(29)30)19-8-6-5-7-9-19/h5-15,18H,4,16H2,1-3H3,(H,29,30). The zero-order valence-electron chi connectivity index (χ0n) is 18.0. The number of ether oxygens (including phenoxy) is 1. The van der Waals surface area contributed by atoms with Crippen LogP contribution in [0.3, 0.4) is 0 Å². The number of imidazole rings is 1. The molecule has 0 saturated carbocycles. The van der Waals surface area contributed by atoms with Gasteiger partial charge in [-0.25, -0.2) is 9.78 Å². The third-order valence-corrected chi connectivity index (χ3v) is 5.62. The van der Waals surface area contributed by atoms with E-state index in [-0.39, 0.29) is 11.7 Å². The second-order valence-corrected chi connectivity index (χ2v) is 7.72. The van der Waals surface area contributed by atoms with E-state index in [1.165, 1.54) is 0 Å². The molecule has 0 amide bonds. The lowest BCUT2D eigenvalue weighted by molar-refractivity contribution is 0.0498. The van der Waals surface area contributed by atoms with E-state index >= 15 is 0 Å². The molecule has 1 unspecified atom stereocenters. The Morgan fingerprint density at radius 3 is 2.61 bits per heavy atom. The second-order valence-electron chi connectivity index (χ2n) is 7.72. The Labute approximate surface area is 182 Å². The molecule has 0 radical (unpaired) electrons. The van der Waals surface area contributed by atoms with Gasteiger partial charge in [0.15, 0.2) is 0 Å². The van der Waals surface area contributed by atoms with Gasteiger partial charge >= 0.3 is 5.97 Å². The van der Waals surface area contributed by atoms with E-state index < -0.39 is 5.97 Å². The van der Waals surface area contributed by atoms with Crippen molar-refractivity contribution in [3.05, 3.63) is 94.9 Å². The molecule has 2 aromatic carbocycles. The molecule has 0 aliphatic carbocycles. The molecule has 0 saturated heterocycles. The van der Waals surface area contributed by atoms with E-state index in [0.717, 1.165) is 40.1 Å². The van der Waals surface area contributed by atoms with Gasteiger partial charge in [0, 0.05) is 11.9 Å². The first-order valence-electron chi connectivity index (χ1n) is 10.5. The highest BCUT2D eigenvalue weighted by Crippen LogP contribution is 2.28. The molecule has 4 rings (SSSR count). The number of carboxylic acids is 1. The van der Waals surface area contributed by atoms with E-state index in [1.54, 1.807) is 6.07 Å². The summed E-state index contributed by atoms with van der Waals surface area (Å²) in [5.74, 6) is -0.946. The van der Waals surface area contributed by atoms with Crippen LogP contribution in [0.2, 0.25) is 0 Å². The van der Waals surface area contributed by atoms with Gasteiger partial charge in [-0.15, -0.1) is 0 Å². The molecule has 0 bridgehead atoms. The number of aromatic carboxylic acids is 1. The third kappa shape index (κ3) is 4.23. The third-order valence-electron chi connectivity index (χ3n) is 5.62. The highest BCUT2D eigenvalue weighted by atomic mass is 16.5. The van der Waals surface area contributed by atoms with Crippen LogP contribution in [-0.4, -0.2) is 20.5 Å². The molecule has 0 aliphatic heterocycles. The number of hydrogen-bond acceptors (Lipinski definition) is 3. The van der Waals surface area contributed by atoms with Crippen molar-refractivity contribution in [3.8, 4) is 11.1 Å². The topological polar surface area (TPSA) is 63.8 Å². The SMILES string of the molecule is CCc1cn2c(COC(C)c3ccc(-c4ccccc4)c(C(=O)O)c3)ccc(C)c2n1. The van der Waals surface area contributed by atoms with Crippen molar-refractivity contribution in [2.24, 2.45) is 0 Å². The quantitative estimate of drug-likeness (QED) is 0.412. The summed E-state index contributed by atoms with van der Waals surface area (Å²) >= 11 is 0. The molecule has 0 aliphatic rings. The molecule has 1 atom stereocenters. The number of aryl methyl sites for hydroxylation is 2. The smallest absolute Gasteiger partial charge is 0.336 e. The highest BCUT2D eigenvalue weighted by molar-refractivity contribution is 5.96. The number of benzene rings is 2. The monoisotopic (exact) mass is 414 g/mol. The summed E-state index contributed by atoms with van der Waals surface area (Å²) < 4.78 is 8.23. The van der Waals surface area contributed by atoms with Crippen LogP contribution in [-0.2, 0) is 17.8 Å². The van der Waals surface area contributed by atoms with Crippen molar-refractivity contribution >= 4 is 11.6 Å². The molecule has 5 nitrogen and oxygen atoms in total. The fourth-order valence-corrected chi connectivity index (χ4v) is 3.76. The van der Waals surface area contributed by atoms with Gasteiger partial charge in [-0.3, -0.25) is 0 Å². The average Bonchev–Trinajstić information content (AvgIpc) is 3.24. The molecule has 5 heteroatoms. The van der Waals surface area contributed by atoms with Gasteiger partial charge in [0.2, 0.25) is 0 Å². The molecule has 2 aromatic heterocycles. The fourth-order valence-electron chi connectivity index (χ4n) is 3.76. The first kappa shape index (κ1) is 20.8. The van der Waals surface area contributed by atoms with Crippen molar-refractivity contribution in [2.75, 3.05) is 0 Å². The maximum atomic E-state index is 11.9. The van der Waals surface area contributed by atoms with Crippen molar-refractivity contribution in [1.82, 2.24) is 9.38 Å². The molecular formula is C26H26N2O3. The Balaban J connectivity index is 1.58. The number of fused-ring (bicyclic) bond motifs is 1. The maximum absolute atomic E-state index is 11.9. The largest absolute Gasteiger partial charge is 0.478 e. The highest BCUT2D eigenvalue weighted by Gasteiger charge is 2.16. The van der Waals surface area contributed by atoms with Crippen molar-refractivity contribution < 1.29 is 14.6 Å². The van der Waals surface area contributed by atoms with E-state index in [0.29, 0.717) is 12.2 Å². The fraction of sp³-hybridized carbons (Fsp3) is 0.231. The molecule has 2 heterocycles. The Bertz CT molecular complexity index is 1230. The predicted molar refractivity (Wildman–Crippen MR) is 121 cm³/mol. The van der Waals surface area contributed by atoms with Gasteiger partial charge in [-0.1, -0.05) is 55.5 Å². The molecule has 1 N–H and O–H groups in total. The Morgan fingerprint density at radius 2 is 1.90 bits per heavy atom. The van der Waals surface area contributed by atoms with Crippen LogP contribution >= 0.6 is 0 Å². The van der Waals surface area contributed by atoms with E-state index in [2.05, 4.69) is 41.6 Å². The van der Waals surface area contributed by atoms with Gasteiger partial charge in [-0.2, -0.15) is 0 Å². The summed E-state index contributed by atoms with van der Waals surface area (Å²) in [7, 11) is 0. The average molecular weight is 415 g/mol. The van der Waals surface area contributed by atoms with Crippen LogP contribution in [0.25, 0.3) is 16.8 Å². The van der Waals surface area contributed by atoms with Crippen LogP contribution in [0.5, 0.6) is 0 Å². The summed E-state index contributed by atoms with van der Waals surface area (Å²) in [5, 5.41) is 9.76. The number of pyridine rings is 1. The Morgan fingerprint density at radius 1 is 1.13 bits per heavy atom. The molecule has 31 heavy (non-hydrogen) atoms. The predicted octanol–water partition coefficient (Wildman–Crippen LogP) is 5.85. The summed E-state index contributed by atoms with van der Waals surface area (Å²) in [6.45, 7) is 6.49. The molecule has 158 valence electrons. The van der Waals surface area contributed by atoms with Gasteiger partial charge in [0.25, 0.3) is 0 Å². The molecular weight excluding hydrogens is 388 g/mol. The minimum atomic E-state index is -0.946. The van der Waals surface area contributed by atoms with Crippen LogP contribution in [0.4, 0.5) is 0 Å². The number of carboxylic acid groups (broad SMARTS) is 1. The van der Waals surface area contributed by atoms with Crippen molar-refractivity contribution in [2.45, 2.75) is 39.9 Å². The van der Waals surface area contributed by atoms with Crippen LogP contribution in [0, 0.1) is 6.92 Å². The Hall–Kier alpha value is -3.44. The van der Waals surface area contributed by atoms with Gasteiger partial charge in [0.05, 0.1) is 24.0 Å². The number of aromatic nitrogens is 2. The van der Waals surface area contributed by atoms with Gasteiger partial charge in [-0.05, 0) is 54.7 Å². The van der Waals surface area contributed by atoms with Crippen LogP contribution in [0.1, 0.15) is 52.8 Å². The summed E-state index contributed by atoms with van der Waals surface area (Å²) in [6, 6.07) is 19.2. The molecule has 4 aromatic rings. The molecule has 0 fully saturated rings. The summed E-state index contributed by atoms with van der Waals surface area (Å²) in [6.07, 6.45) is 2.68. The lowest BCUT2D eigenvalue weighted by Crippen LogP contribution is -2.07. The van der Waals surface area contributed by atoms with Crippen LogP contribution < -0.4 is 0 Å².